The summed E-state index contributed by atoms with van der Waals surface area (Å²) >= 11 is 0. The SMILES string of the molecule is CN=C(NCC1CCN(c2ccc(F)c(F)c2)C1)NCC1(CCO)CCOC1.I. The molecule has 2 aliphatic rings. The normalized spacial score (nSPS) is 24.5. The van der Waals surface area contributed by atoms with E-state index in [9.17, 15) is 13.9 Å². The number of rotatable bonds is 7. The predicted molar refractivity (Wildman–Crippen MR) is 121 cm³/mol. The molecule has 164 valence electrons. The second kappa shape index (κ2) is 11.3. The van der Waals surface area contributed by atoms with Crippen molar-refractivity contribution in [2.75, 3.05) is 57.9 Å². The van der Waals surface area contributed by atoms with Crippen molar-refractivity contribution in [2.45, 2.75) is 19.3 Å². The summed E-state index contributed by atoms with van der Waals surface area (Å²) in [5.74, 6) is -0.498. The largest absolute Gasteiger partial charge is 0.396 e. The van der Waals surface area contributed by atoms with Crippen LogP contribution in [0.2, 0.25) is 0 Å². The van der Waals surface area contributed by atoms with Gasteiger partial charge in [0, 0.05) is 63.6 Å². The van der Waals surface area contributed by atoms with E-state index in [0.29, 0.717) is 25.5 Å². The van der Waals surface area contributed by atoms with Gasteiger partial charge in [0.1, 0.15) is 0 Å². The second-order valence-corrected chi connectivity index (χ2v) is 7.78. The Labute approximate surface area is 188 Å². The number of anilines is 1. The van der Waals surface area contributed by atoms with Crippen LogP contribution in [0.15, 0.2) is 23.2 Å². The molecule has 0 bridgehead atoms. The number of ether oxygens (including phenoxy) is 1. The molecule has 2 heterocycles. The molecule has 2 saturated heterocycles. The molecule has 1 aromatic rings. The average molecular weight is 524 g/mol. The van der Waals surface area contributed by atoms with Crippen LogP contribution in [-0.2, 0) is 4.74 Å². The van der Waals surface area contributed by atoms with E-state index < -0.39 is 11.6 Å². The standard InChI is InChI=1S/C20H30F2N4O2.HI/c1-23-19(25-13-20(5-8-27)6-9-28-14-20)24-11-15-4-7-26(12-15)16-2-3-17(21)18(22)10-16;/h2-3,10,15,27H,4-9,11-14H2,1H3,(H2,23,24,25);1H. The molecule has 0 radical (unpaired) electrons. The topological polar surface area (TPSA) is 69.1 Å². The summed E-state index contributed by atoms with van der Waals surface area (Å²) in [6, 6.07) is 4.06. The van der Waals surface area contributed by atoms with Gasteiger partial charge in [0.15, 0.2) is 17.6 Å². The molecule has 0 saturated carbocycles. The van der Waals surface area contributed by atoms with Gasteiger partial charge in [-0.1, -0.05) is 0 Å². The molecule has 0 amide bonds. The Morgan fingerprint density at radius 1 is 1.34 bits per heavy atom. The van der Waals surface area contributed by atoms with Crippen LogP contribution in [0.25, 0.3) is 0 Å². The van der Waals surface area contributed by atoms with E-state index in [1.807, 2.05) is 0 Å². The minimum absolute atomic E-state index is 0. The Morgan fingerprint density at radius 2 is 2.17 bits per heavy atom. The van der Waals surface area contributed by atoms with Gasteiger partial charge in [-0.2, -0.15) is 0 Å². The quantitative estimate of drug-likeness (QED) is 0.291. The third-order valence-corrected chi connectivity index (χ3v) is 5.79. The third kappa shape index (κ3) is 6.39. The molecule has 29 heavy (non-hydrogen) atoms. The van der Waals surface area contributed by atoms with Gasteiger partial charge in [0.2, 0.25) is 0 Å². The lowest BCUT2D eigenvalue weighted by atomic mass is 9.84. The van der Waals surface area contributed by atoms with Crippen LogP contribution in [-0.4, -0.2) is 64.1 Å². The average Bonchev–Trinajstić information content (AvgIpc) is 3.35. The van der Waals surface area contributed by atoms with Crippen LogP contribution in [0, 0.1) is 23.0 Å². The van der Waals surface area contributed by atoms with E-state index in [0.717, 1.165) is 50.7 Å². The molecule has 2 unspecified atom stereocenters. The van der Waals surface area contributed by atoms with Gasteiger partial charge in [0.25, 0.3) is 0 Å². The third-order valence-electron chi connectivity index (χ3n) is 5.79. The Hall–Kier alpha value is -1.20. The molecule has 0 spiro atoms. The number of guanidine groups is 1. The maximum Gasteiger partial charge on any atom is 0.191 e. The van der Waals surface area contributed by atoms with Crippen LogP contribution in [0.5, 0.6) is 0 Å². The summed E-state index contributed by atoms with van der Waals surface area (Å²) in [7, 11) is 1.74. The first kappa shape index (κ1) is 24.1. The monoisotopic (exact) mass is 524 g/mol. The minimum Gasteiger partial charge on any atom is -0.396 e. The summed E-state index contributed by atoms with van der Waals surface area (Å²) < 4.78 is 32.1. The van der Waals surface area contributed by atoms with Crippen LogP contribution >= 0.6 is 24.0 Å². The number of nitrogens with one attached hydrogen (secondary N) is 2. The summed E-state index contributed by atoms with van der Waals surface area (Å²) in [6.45, 7) is 4.61. The van der Waals surface area contributed by atoms with Gasteiger partial charge >= 0.3 is 0 Å². The molecule has 2 atom stereocenters. The van der Waals surface area contributed by atoms with Crippen molar-refractivity contribution < 1.29 is 18.6 Å². The van der Waals surface area contributed by atoms with Gasteiger partial charge in [-0.05, 0) is 37.3 Å². The van der Waals surface area contributed by atoms with Crippen LogP contribution in [0.4, 0.5) is 14.5 Å². The zero-order chi connectivity index (χ0) is 20.0. The highest BCUT2D eigenvalue weighted by molar-refractivity contribution is 14.0. The summed E-state index contributed by atoms with van der Waals surface area (Å²) in [4.78, 5) is 6.37. The van der Waals surface area contributed by atoms with Gasteiger partial charge in [-0.15, -0.1) is 24.0 Å². The van der Waals surface area contributed by atoms with Gasteiger partial charge in [-0.25, -0.2) is 8.78 Å². The van der Waals surface area contributed by atoms with E-state index in [1.54, 1.807) is 13.1 Å². The Kier molecular flexibility index (Phi) is 9.35. The molecular weight excluding hydrogens is 493 g/mol. The number of hydrogen-bond donors (Lipinski definition) is 3. The predicted octanol–water partition coefficient (Wildman–Crippen LogP) is 2.36. The van der Waals surface area contributed by atoms with E-state index in [1.165, 1.54) is 12.1 Å². The number of benzene rings is 1. The number of aliphatic hydroxyl groups is 1. The van der Waals surface area contributed by atoms with Gasteiger partial charge in [0.05, 0.1) is 6.61 Å². The maximum absolute atomic E-state index is 13.5. The molecule has 1 aromatic carbocycles. The lowest BCUT2D eigenvalue weighted by molar-refractivity contribution is 0.127. The molecule has 9 heteroatoms. The van der Waals surface area contributed by atoms with Crippen LogP contribution in [0.1, 0.15) is 19.3 Å². The zero-order valence-corrected chi connectivity index (χ0v) is 19.1. The lowest BCUT2D eigenvalue weighted by Gasteiger charge is -2.28. The molecular formula is C20H31F2IN4O2. The first-order chi connectivity index (χ1) is 13.5. The molecule has 3 rings (SSSR count). The highest BCUT2D eigenvalue weighted by Gasteiger charge is 2.34. The maximum atomic E-state index is 13.5. The summed E-state index contributed by atoms with van der Waals surface area (Å²) in [5, 5.41) is 16.1. The van der Waals surface area contributed by atoms with Crippen molar-refractivity contribution in [1.82, 2.24) is 10.6 Å². The Bertz CT molecular complexity index is 686. The van der Waals surface area contributed by atoms with Crippen LogP contribution in [0.3, 0.4) is 0 Å². The molecule has 2 aliphatic heterocycles. The van der Waals surface area contributed by atoms with E-state index >= 15 is 0 Å². The number of aliphatic hydroxyl groups excluding tert-OH is 1. The first-order valence-corrected chi connectivity index (χ1v) is 9.88. The number of halogens is 3. The fraction of sp³-hybridized carbons (Fsp3) is 0.650. The van der Waals surface area contributed by atoms with Crippen molar-refractivity contribution in [2.24, 2.45) is 16.3 Å². The van der Waals surface area contributed by atoms with Gasteiger partial charge in [-0.3, -0.25) is 4.99 Å². The number of nitrogens with zero attached hydrogens (tertiary/aromatic N) is 2. The minimum atomic E-state index is -0.817. The number of aliphatic imine (C=N–C) groups is 1. The number of hydrogen-bond acceptors (Lipinski definition) is 4. The second-order valence-electron chi connectivity index (χ2n) is 7.78. The van der Waals surface area contributed by atoms with Crippen molar-refractivity contribution in [3.05, 3.63) is 29.8 Å². The first-order valence-electron chi connectivity index (χ1n) is 9.88. The fourth-order valence-electron chi connectivity index (χ4n) is 3.96. The highest BCUT2D eigenvalue weighted by atomic mass is 127. The van der Waals surface area contributed by atoms with E-state index in [4.69, 9.17) is 4.74 Å². The molecule has 6 nitrogen and oxygen atoms in total. The van der Waals surface area contributed by atoms with Crippen molar-refractivity contribution in [3.8, 4) is 0 Å². The molecule has 2 fully saturated rings. The summed E-state index contributed by atoms with van der Waals surface area (Å²) in [6.07, 6.45) is 2.62. The fourth-order valence-corrected chi connectivity index (χ4v) is 3.96. The van der Waals surface area contributed by atoms with E-state index in [-0.39, 0.29) is 36.0 Å². The lowest BCUT2D eigenvalue weighted by Crippen LogP contribution is -2.45. The zero-order valence-electron chi connectivity index (χ0n) is 16.8. The smallest absolute Gasteiger partial charge is 0.191 e. The Morgan fingerprint density at radius 3 is 2.83 bits per heavy atom. The molecule has 0 aromatic heterocycles. The summed E-state index contributed by atoms with van der Waals surface area (Å²) in [5.41, 5.74) is 0.680. The van der Waals surface area contributed by atoms with Crippen molar-refractivity contribution >= 4 is 35.6 Å². The Balaban J connectivity index is 0.00000300. The van der Waals surface area contributed by atoms with Gasteiger partial charge < -0.3 is 25.4 Å². The molecule has 0 aliphatic carbocycles. The molecule has 3 N–H and O–H groups in total. The van der Waals surface area contributed by atoms with Crippen LogP contribution < -0.4 is 15.5 Å². The van der Waals surface area contributed by atoms with Crippen molar-refractivity contribution in [1.29, 1.82) is 0 Å². The highest BCUT2D eigenvalue weighted by Crippen LogP contribution is 2.31. The van der Waals surface area contributed by atoms with Crippen molar-refractivity contribution in [3.63, 3.8) is 0 Å². The van der Waals surface area contributed by atoms with E-state index in [2.05, 4.69) is 20.5 Å².